The molecule has 0 aliphatic heterocycles. The average molecular weight is 466 g/mol. The lowest BCUT2D eigenvalue weighted by molar-refractivity contribution is -0.384. The first-order valence-corrected chi connectivity index (χ1v) is 10.6. The highest BCUT2D eigenvalue weighted by Crippen LogP contribution is 2.30. The number of hydrogen-bond donors (Lipinski definition) is 2. The van der Waals surface area contributed by atoms with Crippen molar-refractivity contribution in [3.8, 4) is 17.2 Å². The zero-order valence-corrected chi connectivity index (χ0v) is 19.2. The molecular weight excluding hydrogens is 442 g/mol. The Hall–Kier alpha value is -3.98. The number of carbonyl (C=O) groups is 1. The molecule has 0 saturated carbocycles. The van der Waals surface area contributed by atoms with E-state index in [-0.39, 0.29) is 22.1 Å². The summed E-state index contributed by atoms with van der Waals surface area (Å²) < 4.78 is 11.1. The molecule has 3 rings (SSSR count). The van der Waals surface area contributed by atoms with Crippen molar-refractivity contribution in [3.63, 3.8) is 0 Å². The van der Waals surface area contributed by atoms with Gasteiger partial charge in [0.15, 0.2) is 4.99 Å². The molecule has 9 heteroatoms. The molecule has 0 aromatic heterocycles. The van der Waals surface area contributed by atoms with Crippen molar-refractivity contribution >= 4 is 40.2 Å². The minimum atomic E-state index is -0.599. The van der Waals surface area contributed by atoms with E-state index in [4.69, 9.17) is 21.7 Å². The maximum absolute atomic E-state index is 12.6. The molecule has 3 aromatic rings. The molecule has 0 bridgehead atoms. The summed E-state index contributed by atoms with van der Waals surface area (Å²) in [5.74, 6) is 0.737. The number of nitro groups is 1. The molecular formula is C24H23N3O5S. The van der Waals surface area contributed by atoms with Crippen LogP contribution in [0.2, 0.25) is 0 Å². The molecule has 0 aliphatic carbocycles. The molecule has 2 N–H and O–H groups in total. The average Bonchev–Trinajstić information content (AvgIpc) is 2.78. The number of rotatable bonds is 7. The van der Waals surface area contributed by atoms with Crippen LogP contribution in [0.5, 0.6) is 17.2 Å². The van der Waals surface area contributed by atoms with Crippen LogP contribution in [0.3, 0.4) is 0 Å². The Bertz CT molecular complexity index is 1200. The van der Waals surface area contributed by atoms with E-state index in [1.54, 1.807) is 24.3 Å². The van der Waals surface area contributed by atoms with Crippen molar-refractivity contribution in [2.75, 3.05) is 17.2 Å². The van der Waals surface area contributed by atoms with E-state index in [0.29, 0.717) is 23.8 Å². The van der Waals surface area contributed by atoms with Gasteiger partial charge in [0.2, 0.25) is 0 Å². The fourth-order valence-corrected chi connectivity index (χ4v) is 3.14. The fourth-order valence-electron chi connectivity index (χ4n) is 2.98. The summed E-state index contributed by atoms with van der Waals surface area (Å²) in [6.45, 7) is 6.29. The van der Waals surface area contributed by atoms with Gasteiger partial charge in [0.05, 0.1) is 23.3 Å². The Labute approximate surface area is 196 Å². The number of anilines is 2. The number of nitro benzene ring substituents is 1. The molecule has 0 radical (unpaired) electrons. The third kappa shape index (κ3) is 6.27. The number of aryl methyl sites for hydroxylation is 1. The monoisotopic (exact) mass is 465 g/mol. The maximum Gasteiger partial charge on any atom is 0.283 e. The van der Waals surface area contributed by atoms with Gasteiger partial charge in [-0.1, -0.05) is 24.4 Å². The standard InChI is InChI=1S/C24H23N3O5S/c1-4-31-19-8-10-20(11-9-19)32-21-13-17(12-18(14-21)27(29)30)25-23(28)24(33)26-22-7-5-6-15(2)16(22)3/h5-14H,4H2,1-3H3,(H,25,28)(H,26,33). The van der Waals surface area contributed by atoms with Gasteiger partial charge < -0.3 is 20.1 Å². The van der Waals surface area contributed by atoms with Gasteiger partial charge in [-0.2, -0.15) is 0 Å². The molecule has 33 heavy (non-hydrogen) atoms. The van der Waals surface area contributed by atoms with Crippen molar-refractivity contribution in [2.24, 2.45) is 0 Å². The van der Waals surface area contributed by atoms with E-state index in [0.717, 1.165) is 11.1 Å². The zero-order valence-electron chi connectivity index (χ0n) is 18.4. The molecule has 8 nitrogen and oxygen atoms in total. The van der Waals surface area contributed by atoms with E-state index < -0.39 is 10.8 Å². The largest absolute Gasteiger partial charge is 0.494 e. The van der Waals surface area contributed by atoms with Crippen molar-refractivity contribution in [2.45, 2.75) is 20.8 Å². The first-order chi connectivity index (χ1) is 15.8. The maximum atomic E-state index is 12.6. The van der Waals surface area contributed by atoms with Crippen molar-refractivity contribution in [1.29, 1.82) is 0 Å². The van der Waals surface area contributed by atoms with Crippen LogP contribution in [0.15, 0.2) is 60.7 Å². The van der Waals surface area contributed by atoms with Crippen LogP contribution in [-0.4, -0.2) is 22.4 Å². The highest BCUT2D eigenvalue weighted by Gasteiger charge is 2.16. The lowest BCUT2D eigenvalue weighted by Gasteiger charge is -2.13. The Morgan fingerprint density at radius 3 is 2.36 bits per heavy atom. The van der Waals surface area contributed by atoms with Crippen LogP contribution in [0.4, 0.5) is 17.1 Å². The second kappa shape index (κ2) is 10.6. The third-order valence-corrected chi connectivity index (χ3v) is 5.08. The Kier molecular flexibility index (Phi) is 7.57. The smallest absolute Gasteiger partial charge is 0.283 e. The predicted molar refractivity (Wildman–Crippen MR) is 132 cm³/mol. The van der Waals surface area contributed by atoms with Gasteiger partial charge in [-0.3, -0.25) is 14.9 Å². The van der Waals surface area contributed by atoms with Crippen LogP contribution in [0.25, 0.3) is 0 Å². The summed E-state index contributed by atoms with van der Waals surface area (Å²) in [4.78, 5) is 23.4. The minimum Gasteiger partial charge on any atom is -0.494 e. The molecule has 0 spiro atoms. The lowest BCUT2D eigenvalue weighted by atomic mass is 10.1. The molecule has 0 aliphatic rings. The number of carbonyl (C=O) groups excluding carboxylic acids is 1. The number of thiocarbonyl (C=S) groups is 1. The Morgan fingerprint density at radius 1 is 1.00 bits per heavy atom. The number of non-ortho nitro benzene ring substituents is 1. The first-order valence-electron chi connectivity index (χ1n) is 10.2. The molecule has 0 atom stereocenters. The molecule has 170 valence electrons. The summed E-state index contributed by atoms with van der Waals surface area (Å²) in [6.07, 6.45) is 0. The molecule has 3 aromatic carbocycles. The summed E-state index contributed by atoms with van der Waals surface area (Å²) in [6, 6.07) is 16.5. The number of ether oxygens (including phenoxy) is 2. The number of hydrogen-bond acceptors (Lipinski definition) is 6. The molecule has 0 heterocycles. The molecule has 1 amide bonds. The van der Waals surface area contributed by atoms with Crippen LogP contribution >= 0.6 is 12.2 Å². The van der Waals surface area contributed by atoms with Gasteiger partial charge >= 0.3 is 0 Å². The molecule has 0 saturated heterocycles. The van der Waals surface area contributed by atoms with Crippen LogP contribution < -0.4 is 20.1 Å². The highest BCUT2D eigenvalue weighted by molar-refractivity contribution is 7.82. The van der Waals surface area contributed by atoms with Gasteiger partial charge in [0, 0.05) is 17.8 Å². The van der Waals surface area contributed by atoms with E-state index >= 15 is 0 Å². The van der Waals surface area contributed by atoms with Gasteiger partial charge in [-0.15, -0.1) is 0 Å². The number of nitrogens with zero attached hydrogens (tertiary/aromatic N) is 1. The van der Waals surface area contributed by atoms with Crippen LogP contribution in [0.1, 0.15) is 18.1 Å². The van der Waals surface area contributed by atoms with Crippen molar-refractivity contribution in [3.05, 3.63) is 81.9 Å². The second-order valence-electron chi connectivity index (χ2n) is 7.13. The molecule has 0 unspecified atom stereocenters. The quantitative estimate of drug-likeness (QED) is 0.259. The highest BCUT2D eigenvalue weighted by atomic mass is 32.1. The summed E-state index contributed by atoms with van der Waals surface area (Å²) >= 11 is 5.22. The topological polar surface area (TPSA) is 103 Å². The van der Waals surface area contributed by atoms with Gasteiger partial charge in [0.1, 0.15) is 17.2 Å². The Balaban J connectivity index is 1.77. The minimum absolute atomic E-state index is 0.0656. The predicted octanol–water partition coefficient (Wildman–Crippen LogP) is 5.78. The normalized spacial score (nSPS) is 10.3. The number of amides is 1. The van der Waals surface area contributed by atoms with Gasteiger partial charge in [-0.05, 0) is 62.2 Å². The van der Waals surface area contributed by atoms with Crippen molar-refractivity contribution < 1.29 is 19.2 Å². The SMILES string of the molecule is CCOc1ccc(Oc2cc(NC(=O)C(=S)Nc3cccc(C)c3C)cc([N+](=O)[O-])c2)cc1. The summed E-state index contributed by atoms with van der Waals surface area (Å²) in [5.41, 5.74) is 2.68. The van der Waals surface area contributed by atoms with Gasteiger partial charge in [0.25, 0.3) is 11.6 Å². The van der Waals surface area contributed by atoms with Gasteiger partial charge in [-0.25, -0.2) is 0 Å². The number of nitrogens with one attached hydrogen (secondary N) is 2. The first kappa shape index (κ1) is 23.7. The summed E-state index contributed by atoms with van der Waals surface area (Å²) in [7, 11) is 0. The Morgan fingerprint density at radius 2 is 1.70 bits per heavy atom. The van der Waals surface area contributed by atoms with E-state index in [9.17, 15) is 14.9 Å². The zero-order chi connectivity index (χ0) is 24.0. The van der Waals surface area contributed by atoms with Crippen LogP contribution in [-0.2, 0) is 4.79 Å². The number of benzene rings is 3. The van der Waals surface area contributed by atoms with E-state index in [1.165, 1.54) is 18.2 Å². The van der Waals surface area contributed by atoms with E-state index in [2.05, 4.69) is 10.6 Å². The van der Waals surface area contributed by atoms with E-state index in [1.807, 2.05) is 39.0 Å². The van der Waals surface area contributed by atoms with Crippen LogP contribution in [0, 0.1) is 24.0 Å². The molecule has 0 fully saturated rings. The van der Waals surface area contributed by atoms with Crippen molar-refractivity contribution in [1.82, 2.24) is 0 Å². The lowest BCUT2D eigenvalue weighted by Crippen LogP contribution is -2.27. The third-order valence-electron chi connectivity index (χ3n) is 4.79. The summed E-state index contributed by atoms with van der Waals surface area (Å²) in [5, 5.41) is 16.9. The second-order valence-corrected chi connectivity index (χ2v) is 7.54. The fraction of sp³-hybridized carbons (Fsp3) is 0.167.